The highest BCUT2D eigenvalue weighted by Crippen LogP contribution is 2.32. The normalized spacial score (nSPS) is 23.9. The van der Waals surface area contributed by atoms with Crippen molar-refractivity contribution in [3.63, 3.8) is 0 Å². The standard InChI is InChI=1S/C13H26N2O2/c1-2-3-7-15(8-9-16)13(17)12-6-4-5-11(12)10-14/h11-12,16H,2-10,14H2,1H3. The molecule has 1 aliphatic carbocycles. The minimum absolute atomic E-state index is 0.0511. The van der Waals surface area contributed by atoms with Crippen molar-refractivity contribution in [2.45, 2.75) is 39.0 Å². The van der Waals surface area contributed by atoms with E-state index in [0.29, 0.717) is 19.0 Å². The minimum Gasteiger partial charge on any atom is -0.395 e. The van der Waals surface area contributed by atoms with E-state index < -0.39 is 0 Å². The third-order valence-electron chi connectivity index (χ3n) is 3.74. The van der Waals surface area contributed by atoms with Gasteiger partial charge in [-0.25, -0.2) is 0 Å². The van der Waals surface area contributed by atoms with Gasteiger partial charge in [0.05, 0.1) is 6.61 Å². The second-order valence-corrected chi connectivity index (χ2v) is 4.94. The average molecular weight is 242 g/mol. The van der Waals surface area contributed by atoms with Crippen LogP contribution >= 0.6 is 0 Å². The molecule has 0 aromatic heterocycles. The SMILES string of the molecule is CCCCN(CCO)C(=O)C1CCCC1CN. The van der Waals surface area contributed by atoms with Gasteiger partial charge in [-0.2, -0.15) is 0 Å². The molecule has 1 saturated carbocycles. The molecule has 0 radical (unpaired) electrons. The number of carbonyl (C=O) groups excluding carboxylic acids is 1. The van der Waals surface area contributed by atoms with Crippen LogP contribution in [0.25, 0.3) is 0 Å². The summed E-state index contributed by atoms with van der Waals surface area (Å²) in [6.07, 6.45) is 5.23. The molecule has 2 atom stereocenters. The third-order valence-corrected chi connectivity index (χ3v) is 3.74. The smallest absolute Gasteiger partial charge is 0.226 e. The molecule has 0 aliphatic heterocycles. The Kier molecular flexibility index (Phi) is 6.52. The molecule has 4 heteroatoms. The van der Waals surface area contributed by atoms with Crippen LogP contribution in [0.4, 0.5) is 0 Å². The molecule has 17 heavy (non-hydrogen) atoms. The lowest BCUT2D eigenvalue weighted by Crippen LogP contribution is -2.41. The van der Waals surface area contributed by atoms with Crippen LogP contribution in [0.5, 0.6) is 0 Å². The van der Waals surface area contributed by atoms with E-state index >= 15 is 0 Å². The molecule has 0 heterocycles. The molecule has 4 nitrogen and oxygen atoms in total. The van der Waals surface area contributed by atoms with Gasteiger partial charge in [-0.15, -0.1) is 0 Å². The van der Waals surface area contributed by atoms with E-state index in [4.69, 9.17) is 10.8 Å². The van der Waals surface area contributed by atoms with Crippen LogP contribution in [0.2, 0.25) is 0 Å². The van der Waals surface area contributed by atoms with Gasteiger partial charge >= 0.3 is 0 Å². The Morgan fingerprint density at radius 2 is 2.18 bits per heavy atom. The molecule has 2 unspecified atom stereocenters. The van der Waals surface area contributed by atoms with Crippen molar-refractivity contribution in [1.82, 2.24) is 4.90 Å². The van der Waals surface area contributed by atoms with Crippen molar-refractivity contribution >= 4 is 5.91 Å². The quantitative estimate of drug-likeness (QED) is 0.699. The minimum atomic E-state index is 0.0511. The highest BCUT2D eigenvalue weighted by atomic mass is 16.3. The molecule has 1 aliphatic rings. The lowest BCUT2D eigenvalue weighted by molar-refractivity contribution is -0.137. The Morgan fingerprint density at radius 3 is 2.76 bits per heavy atom. The number of aliphatic hydroxyl groups excluding tert-OH is 1. The molecule has 0 saturated heterocycles. The Labute approximate surface area is 104 Å². The van der Waals surface area contributed by atoms with Gasteiger partial charge in [-0.3, -0.25) is 4.79 Å². The van der Waals surface area contributed by atoms with Gasteiger partial charge < -0.3 is 15.7 Å². The predicted molar refractivity (Wildman–Crippen MR) is 68.5 cm³/mol. The van der Waals surface area contributed by atoms with Crippen molar-refractivity contribution in [2.24, 2.45) is 17.6 Å². The molecule has 1 fully saturated rings. The molecule has 0 spiro atoms. The summed E-state index contributed by atoms with van der Waals surface area (Å²) >= 11 is 0. The monoisotopic (exact) mass is 242 g/mol. The van der Waals surface area contributed by atoms with Crippen LogP contribution in [0.1, 0.15) is 39.0 Å². The number of aliphatic hydroxyl groups is 1. The van der Waals surface area contributed by atoms with Gasteiger partial charge in [-0.1, -0.05) is 19.8 Å². The number of nitrogens with zero attached hydrogens (tertiary/aromatic N) is 1. The number of amides is 1. The van der Waals surface area contributed by atoms with Gasteiger partial charge in [0, 0.05) is 19.0 Å². The van der Waals surface area contributed by atoms with E-state index in [1.807, 2.05) is 4.90 Å². The second-order valence-electron chi connectivity index (χ2n) is 4.94. The van der Waals surface area contributed by atoms with Gasteiger partial charge in [0.2, 0.25) is 5.91 Å². The Morgan fingerprint density at radius 1 is 1.41 bits per heavy atom. The van der Waals surface area contributed by atoms with Crippen molar-refractivity contribution in [2.75, 3.05) is 26.2 Å². The molecule has 3 N–H and O–H groups in total. The summed E-state index contributed by atoms with van der Waals surface area (Å²) in [4.78, 5) is 14.2. The summed E-state index contributed by atoms with van der Waals surface area (Å²) in [5.74, 6) is 0.661. The van der Waals surface area contributed by atoms with Crippen molar-refractivity contribution in [1.29, 1.82) is 0 Å². The maximum absolute atomic E-state index is 12.4. The van der Waals surface area contributed by atoms with Gasteiger partial charge in [0.25, 0.3) is 0 Å². The molecular formula is C13H26N2O2. The van der Waals surface area contributed by atoms with Crippen LogP contribution in [0.15, 0.2) is 0 Å². The zero-order valence-corrected chi connectivity index (χ0v) is 10.9. The maximum atomic E-state index is 12.4. The van der Waals surface area contributed by atoms with Crippen LogP contribution in [-0.2, 0) is 4.79 Å². The van der Waals surface area contributed by atoms with Crippen molar-refractivity contribution < 1.29 is 9.90 Å². The van der Waals surface area contributed by atoms with E-state index in [2.05, 4.69) is 6.92 Å². The number of carbonyl (C=O) groups is 1. The first-order chi connectivity index (χ1) is 8.24. The largest absolute Gasteiger partial charge is 0.395 e. The Balaban J connectivity index is 2.56. The van der Waals surface area contributed by atoms with Gasteiger partial charge in [0.1, 0.15) is 0 Å². The molecule has 0 bridgehead atoms. The molecule has 100 valence electrons. The molecular weight excluding hydrogens is 216 g/mol. The highest BCUT2D eigenvalue weighted by Gasteiger charge is 2.34. The molecule has 0 aromatic carbocycles. The first-order valence-electron chi connectivity index (χ1n) is 6.84. The third kappa shape index (κ3) is 3.96. The maximum Gasteiger partial charge on any atom is 0.226 e. The van der Waals surface area contributed by atoms with Crippen LogP contribution < -0.4 is 5.73 Å². The zero-order chi connectivity index (χ0) is 12.7. The van der Waals surface area contributed by atoms with Crippen molar-refractivity contribution in [3.8, 4) is 0 Å². The number of nitrogens with two attached hydrogens (primary N) is 1. The molecule has 1 amide bonds. The van der Waals surface area contributed by atoms with Crippen molar-refractivity contribution in [3.05, 3.63) is 0 Å². The first-order valence-corrected chi connectivity index (χ1v) is 6.84. The van der Waals surface area contributed by atoms with E-state index in [1.54, 1.807) is 0 Å². The lowest BCUT2D eigenvalue weighted by atomic mass is 9.94. The number of rotatable bonds is 7. The fourth-order valence-corrected chi connectivity index (χ4v) is 2.68. The van der Waals surface area contributed by atoms with Crippen LogP contribution in [-0.4, -0.2) is 42.2 Å². The van der Waals surface area contributed by atoms with Crippen LogP contribution in [0, 0.1) is 11.8 Å². The second kappa shape index (κ2) is 7.67. The number of unbranched alkanes of at least 4 members (excludes halogenated alkanes) is 1. The average Bonchev–Trinajstić information content (AvgIpc) is 2.81. The summed E-state index contributed by atoms with van der Waals surface area (Å²) in [6.45, 7) is 4.00. The Bertz CT molecular complexity index is 233. The summed E-state index contributed by atoms with van der Waals surface area (Å²) < 4.78 is 0. The van der Waals surface area contributed by atoms with E-state index in [-0.39, 0.29) is 18.4 Å². The van der Waals surface area contributed by atoms with Gasteiger partial charge in [0.15, 0.2) is 0 Å². The number of hydrogen-bond acceptors (Lipinski definition) is 3. The number of hydrogen-bond donors (Lipinski definition) is 2. The van der Waals surface area contributed by atoms with E-state index in [9.17, 15) is 4.79 Å². The summed E-state index contributed by atoms with van der Waals surface area (Å²) in [7, 11) is 0. The fourth-order valence-electron chi connectivity index (χ4n) is 2.68. The topological polar surface area (TPSA) is 66.6 Å². The zero-order valence-electron chi connectivity index (χ0n) is 10.9. The van der Waals surface area contributed by atoms with Gasteiger partial charge in [-0.05, 0) is 31.7 Å². The molecule has 1 rings (SSSR count). The summed E-state index contributed by atoms with van der Waals surface area (Å²) in [6, 6.07) is 0. The predicted octanol–water partition coefficient (Wildman–Crippen LogP) is 0.982. The van der Waals surface area contributed by atoms with E-state index in [0.717, 1.165) is 38.6 Å². The lowest BCUT2D eigenvalue weighted by Gasteiger charge is -2.27. The Hall–Kier alpha value is -0.610. The van der Waals surface area contributed by atoms with E-state index in [1.165, 1.54) is 0 Å². The summed E-state index contributed by atoms with van der Waals surface area (Å²) in [5, 5.41) is 9.03. The van der Waals surface area contributed by atoms with Crippen LogP contribution in [0.3, 0.4) is 0 Å². The highest BCUT2D eigenvalue weighted by molar-refractivity contribution is 5.79. The molecule has 0 aromatic rings. The first kappa shape index (κ1) is 14.5. The summed E-state index contributed by atoms with van der Waals surface area (Å²) in [5.41, 5.74) is 5.72. The fraction of sp³-hybridized carbons (Fsp3) is 0.923.